The number of benzene rings is 4. The second-order valence-corrected chi connectivity index (χ2v) is 9.37. The fraction of sp³-hybridized carbons (Fsp3) is 0.242. The number of hydrogen-bond donors (Lipinski definition) is 2. The zero-order valence-corrected chi connectivity index (χ0v) is 21.4. The first-order valence-electron chi connectivity index (χ1n) is 14.3. The van der Waals surface area contributed by atoms with E-state index < -0.39 is 24.9 Å². The first-order chi connectivity index (χ1) is 19.7. The lowest BCUT2D eigenvalue weighted by molar-refractivity contribution is 0.0832. The number of hydrogen-bond acceptors (Lipinski definition) is 4. The van der Waals surface area contributed by atoms with Crippen molar-refractivity contribution in [3.8, 4) is 5.75 Å². The lowest BCUT2D eigenvalue weighted by Gasteiger charge is -2.31. The molecule has 1 amide bonds. The molecule has 0 bridgehead atoms. The molecular weight excluding hydrogens is 472 g/mol. The second kappa shape index (κ2) is 13.6. The summed E-state index contributed by atoms with van der Waals surface area (Å²) in [5, 5.41) is 11.4. The molecule has 0 spiro atoms. The number of nitrogens with zero attached hydrogens (tertiary/aromatic N) is 1. The Balaban J connectivity index is 1.57. The molecule has 2 atom stereocenters. The molecule has 3 N–H and O–H groups in total. The number of rotatable bonds is 13. The highest BCUT2D eigenvalue weighted by Gasteiger charge is 2.21. The fourth-order valence-electron chi connectivity index (χ4n) is 4.39. The average Bonchev–Trinajstić information content (AvgIpc) is 2.97. The van der Waals surface area contributed by atoms with Gasteiger partial charge in [-0.05, 0) is 54.1 Å². The Morgan fingerprint density at radius 1 is 0.895 bits per heavy atom. The van der Waals surface area contributed by atoms with E-state index in [9.17, 15) is 9.90 Å². The number of aliphatic hydroxyl groups excluding tert-OH is 1. The van der Waals surface area contributed by atoms with Crippen molar-refractivity contribution in [1.82, 2.24) is 4.90 Å². The van der Waals surface area contributed by atoms with Crippen molar-refractivity contribution in [2.45, 2.75) is 45.0 Å². The summed E-state index contributed by atoms with van der Waals surface area (Å²) >= 11 is 0. The maximum atomic E-state index is 12.3. The maximum Gasteiger partial charge on any atom is 0.252 e. The van der Waals surface area contributed by atoms with Gasteiger partial charge in [-0.25, -0.2) is 0 Å². The SMILES string of the molecule is [2H]C([2H])([2H])[C@H](CCc1ccccc1)N(Cc1ccccc1)C[C@H](O)c1ccc(OCc2ccccc2)c(C(N)=O)c1. The number of ether oxygens (including phenoxy) is 1. The van der Waals surface area contributed by atoms with Crippen LogP contribution in [0.4, 0.5) is 0 Å². The van der Waals surface area contributed by atoms with Crippen LogP contribution in [0.3, 0.4) is 0 Å². The Labute approximate surface area is 229 Å². The molecule has 0 saturated heterocycles. The van der Waals surface area contributed by atoms with Crippen molar-refractivity contribution in [3.63, 3.8) is 0 Å². The molecule has 5 nitrogen and oxygen atoms in total. The number of carbonyl (C=O) groups excluding carboxylic acids is 1. The van der Waals surface area contributed by atoms with Gasteiger partial charge in [0.05, 0.1) is 11.7 Å². The Hall–Kier alpha value is -3.93. The number of carbonyl (C=O) groups is 1. The van der Waals surface area contributed by atoms with Crippen LogP contribution < -0.4 is 10.5 Å². The van der Waals surface area contributed by atoms with E-state index in [4.69, 9.17) is 14.6 Å². The molecule has 0 aliphatic carbocycles. The number of aryl methyl sites for hydroxylation is 1. The number of primary amides is 1. The molecule has 0 saturated carbocycles. The Bertz CT molecular complexity index is 1380. The molecule has 4 aromatic rings. The van der Waals surface area contributed by atoms with Gasteiger partial charge >= 0.3 is 0 Å². The monoisotopic (exact) mass is 511 g/mol. The molecule has 38 heavy (non-hydrogen) atoms. The summed E-state index contributed by atoms with van der Waals surface area (Å²) in [6.07, 6.45) is -0.0924. The molecule has 5 heteroatoms. The Morgan fingerprint density at radius 2 is 1.50 bits per heavy atom. The van der Waals surface area contributed by atoms with Crippen LogP contribution in [-0.2, 0) is 19.6 Å². The summed E-state index contributed by atoms with van der Waals surface area (Å²) in [5.41, 5.74) is 9.22. The van der Waals surface area contributed by atoms with Gasteiger partial charge in [0.2, 0.25) is 0 Å². The minimum Gasteiger partial charge on any atom is -0.488 e. The summed E-state index contributed by atoms with van der Waals surface area (Å²) in [7, 11) is 0. The van der Waals surface area contributed by atoms with Crippen LogP contribution in [0.5, 0.6) is 5.75 Å². The van der Waals surface area contributed by atoms with E-state index in [-0.39, 0.29) is 18.7 Å². The van der Waals surface area contributed by atoms with E-state index in [1.165, 1.54) is 6.07 Å². The van der Waals surface area contributed by atoms with Gasteiger partial charge in [0.15, 0.2) is 0 Å². The minimum absolute atomic E-state index is 0.0508. The highest BCUT2D eigenvalue weighted by Crippen LogP contribution is 2.26. The van der Waals surface area contributed by atoms with Crippen LogP contribution in [0.1, 0.15) is 56.1 Å². The van der Waals surface area contributed by atoms with Crippen LogP contribution in [0, 0.1) is 0 Å². The average molecular weight is 512 g/mol. The van der Waals surface area contributed by atoms with Crippen LogP contribution in [-0.4, -0.2) is 28.5 Å². The number of aliphatic hydroxyl groups is 1. The highest BCUT2D eigenvalue weighted by atomic mass is 16.5. The lowest BCUT2D eigenvalue weighted by atomic mass is 10.0. The van der Waals surface area contributed by atoms with Gasteiger partial charge in [-0.1, -0.05) is 97.1 Å². The molecule has 4 rings (SSSR count). The molecule has 0 unspecified atom stereocenters. The van der Waals surface area contributed by atoms with E-state index in [2.05, 4.69) is 0 Å². The highest BCUT2D eigenvalue weighted by molar-refractivity contribution is 5.95. The standard InChI is InChI=1S/C33H36N2O3/c1-25(17-18-26-11-5-2-6-12-26)35(22-27-13-7-3-8-14-27)23-31(36)29-19-20-32(30(21-29)33(34)37)38-24-28-15-9-4-10-16-28/h2-16,19-21,25,31,36H,17-18,22-24H2,1H3,(H2,34,37)/t25-,31+/m1/s1/i1D3. The van der Waals surface area contributed by atoms with Crippen molar-refractivity contribution >= 4 is 5.91 Å². The Kier molecular flexibility index (Phi) is 8.29. The largest absolute Gasteiger partial charge is 0.488 e. The summed E-state index contributed by atoms with van der Waals surface area (Å²) in [4.78, 5) is 14.1. The molecule has 0 aromatic heterocycles. The van der Waals surface area contributed by atoms with Crippen molar-refractivity contribution in [2.24, 2.45) is 5.73 Å². The van der Waals surface area contributed by atoms with E-state index in [1.54, 1.807) is 12.1 Å². The third kappa shape index (κ3) is 7.78. The third-order valence-corrected chi connectivity index (χ3v) is 6.52. The fourth-order valence-corrected chi connectivity index (χ4v) is 4.39. The molecule has 0 radical (unpaired) electrons. The molecule has 196 valence electrons. The van der Waals surface area contributed by atoms with Crippen LogP contribution >= 0.6 is 0 Å². The Morgan fingerprint density at radius 3 is 2.11 bits per heavy atom. The maximum absolute atomic E-state index is 12.3. The minimum atomic E-state index is -2.28. The topological polar surface area (TPSA) is 75.8 Å². The summed E-state index contributed by atoms with van der Waals surface area (Å²) < 4.78 is 31.0. The van der Waals surface area contributed by atoms with Gasteiger partial charge < -0.3 is 15.6 Å². The van der Waals surface area contributed by atoms with E-state index in [0.717, 1.165) is 16.7 Å². The normalized spacial score (nSPS) is 14.2. The van der Waals surface area contributed by atoms with Crippen molar-refractivity contribution in [2.75, 3.05) is 6.54 Å². The smallest absolute Gasteiger partial charge is 0.252 e. The second-order valence-electron chi connectivity index (χ2n) is 9.37. The van der Waals surface area contributed by atoms with E-state index in [0.29, 0.717) is 30.7 Å². The lowest BCUT2D eigenvalue weighted by Crippen LogP contribution is -2.36. The first-order valence-corrected chi connectivity index (χ1v) is 12.8. The number of nitrogens with two attached hydrogens (primary N) is 1. The third-order valence-electron chi connectivity index (χ3n) is 6.52. The zero-order valence-electron chi connectivity index (χ0n) is 24.4. The van der Waals surface area contributed by atoms with Gasteiger partial charge in [-0.15, -0.1) is 0 Å². The predicted octanol–water partition coefficient (Wildman–Crippen LogP) is 5.92. The molecule has 0 fully saturated rings. The van der Waals surface area contributed by atoms with Crippen molar-refractivity contribution < 1.29 is 18.8 Å². The van der Waals surface area contributed by atoms with E-state index in [1.807, 2.05) is 95.9 Å². The zero-order chi connectivity index (χ0) is 29.2. The molecule has 4 aromatic carbocycles. The summed E-state index contributed by atoms with van der Waals surface area (Å²) in [6.45, 7) is -1.63. The van der Waals surface area contributed by atoms with Crippen LogP contribution in [0.2, 0.25) is 0 Å². The molecule has 0 aliphatic heterocycles. The van der Waals surface area contributed by atoms with Gasteiger partial charge in [-0.2, -0.15) is 0 Å². The van der Waals surface area contributed by atoms with Gasteiger partial charge in [-0.3, -0.25) is 9.69 Å². The number of amides is 1. The molecular formula is C33H36N2O3. The van der Waals surface area contributed by atoms with Gasteiger partial charge in [0.1, 0.15) is 12.4 Å². The van der Waals surface area contributed by atoms with Crippen molar-refractivity contribution in [1.29, 1.82) is 0 Å². The first kappa shape index (κ1) is 23.2. The summed E-state index contributed by atoms with van der Waals surface area (Å²) in [6, 6.07) is 33.0. The van der Waals surface area contributed by atoms with E-state index >= 15 is 0 Å². The van der Waals surface area contributed by atoms with Crippen molar-refractivity contribution in [3.05, 3.63) is 137 Å². The summed E-state index contributed by atoms with van der Waals surface area (Å²) in [5.74, 6) is -0.354. The molecule has 0 heterocycles. The molecule has 0 aliphatic rings. The van der Waals surface area contributed by atoms with Gasteiger partial charge in [0, 0.05) is 23.2 Å². The quantitative estimate of drug-likeness (QED) is 0.234. The van der Waals surface area contributed by atoms with Crippen LogP contribution in [0.25, 0.3) is 0 Å². The predicted molar refractivity (Wildman–Crippen MR) is 152 cm³/mol. The van der Waals surface area contributed by atoms with Gasteiger partial charge in [0.25, 0.3) is 5.91 Å². The van der Waals surface area contributed by atoms with Crippen LogP contribution in [0.15, 0.2) is 109 Å².